The van der Waals surface area contributed by atoms with Gasteiger partial charge in [0.05, 0.1) is 19.8 Å². The van der Waals surface area contributed by atoms with Crippen molar-refractivity contribution in [1.82, 2.24) is 0 Å². The third-order valence-corrected chi connectivity index (χ3v) is 4.50. The fourth-order valence-corrected chi connectivity index (χ4v) is 2.95. The number of azide groups is 1. The maximum atomic E-state index is 10.3. The van der Waals surface area contributed by atoms with E-state index in [1.807, 2.05) is 0 Å². The topological polar surface area (TPSA) is 227 Å². The van der Waals surface area contributed by atoms with E-state index in [-0.39, 0.29) is 13.2 Å². The number of rotatable bonds is 8. The van der Waals surface area contributed by atoms with E-state index >= 15 is 0 Å². The first-order valence-corrected chi connectivity index (χ1v) is 8.56. The van der Waals surface area contributed by atoms with Crippen molar-refractivity contribution in [2.45, 2.75) is 61.4 Å². The molecule has 2 aliphatic rings. The van der Waals surface area contributed by atoms with E-state index < -0.39 is 74.6 Å². The van der Waals surface area contributed by atoms with Gasteiger partial charge in [-0.15, -0.1) is 0 Å². The van der Waals surface area contributed by atoms with Gasteiger partial charge >= 0.3 is 0 Å². The van der Waals surface area contributed by atoms with Gasteiger partial charge in [0, 0.05) is 11.5 Å². The second kappa shape index (κ2) is 10.6. The molecule has 7 N–H and O–H groups in total. The largest absolute Gasteiger partial charge is 0.394 e. The number of hydrogen-bond acceptors (Lipinski definition) is 12. The molecule has 0 aromatic heterocycles. The third kappa shape index (κ3) is 5.07. The van der Waals surface area contributed by atoms with Crippen LogP contribution in [0.2, 0.25) is 0 Å². The number of aliphatic hydroxyl groups is 7. The van der Waals surface area contributed by atoms with Crippen molar-refractivity contribution >= 4 is 0 Å². The van der Waals surface area contributed by atoms with Crippen molar-refractivity contribution in [3.63, 3.8) is 0 Å². The van der Waals surface area contributed by atoms with Gasteiger partial charge in [-0.3, -0.25) is 0 Å². The lowest BCUT2D eigenvalue weighted by atomic mass is 9.97. The van der Waals surface area contributed by atoms with Gasteiger partial charge in [0.1, 0.15) is 48.8 Å². The van der Waals surface area contributed by atoms with Crippen LogP contribution < -0.4 is 0 Å². The monoisotopic (exact) mass is 411 g/mol. The van der Waals surface area contributed by atoms with Gasteiger partial charge in [-0.1, -0.05) is 5.11 Å². The summed E-state index contributed by atoms with van der Waals surface area (Å²) < 4.78 is 21.1. The molecule has 2 saturated heterocycles. The molecule has 2 heterocycles. The average molecular weight is 411 g/mol. The Balaban J connectivity index is 2.05. The zero-order valence-corrected chi connectivity index (χ0v) is 14.7. The lowest BCUT2D eigenvalue weighted by molar-refractivity contribution is -0.359. The summed E-state index contributed by atoms with van der Waals surface area (Å²) in [5, 5.41) is 72.1. The zero-order valence-electron chi connectivity index (χ0n) is 14.7. The van der Waals surface area contributed by atoms with E-state index in [2.05, 4.69) is 10.0 Å². The molecule has 2 rings (SSSR count). The van der Waals surface area contributed by atoms with Gasteiger partial charge in [-0.25, -0.2) is 0 Å². The van der Waals surface area contributed by atoms with Crippen molar-refractivity contribution in [2.24, 2.45) is 5.11 Å². The number of ether oxygens (including phenoxy) is 4. The van der Waals surface area contributed by atoms with Crippen LogP contribution in [0.4, 0.5) is 0 Å². The molecule has 0 saturated carbocycles. The maximum absolute atomic E-state index is 10.3. The Hall–Kier alpha value is -1.13. The van der Waals surface area contributed by atoms with E-state index in [9.17, 15) is 35.7 Å². The Morgan fingerprint density at radius 2 is 1.43 bits per heavy atom. The van der Waals surface area contributed by atoms with Gasteiger partial charge < -0.3 is 54.7 Å². The SMILES string of the molecule is [N-]=[N+]=NCCO[C@@H]1O[C@H](CO)[C@H](O[C@H]2O[C@H](CO)[C@H](O)[C@H](O)[C@H]2O)[C@H](O)[C@H]1O. The second-order valence-corrected chi connectivity index (χ2v) is 6.33. The van der Waals surface area contributed by atoms with Crippen molar-refractivity contribution in [1.29, 1.82) is 0 Å². The van der Waals surface area contributed by atoms with Gasteiger partial charge in [-0.2, -0.15) is 0 Å². The molecular formula is C14H25N3O11. The first-order chi connectivity index (χ1) is 13.3. The molecule has 2 fully saturated rings. The summed E-state index contributed by atoms with van der Waals surface area (Å²) in [4.78, 5) is 2.53. The van der Waals surface area contributed by atoms with Crippen LogP contribution in [-0.4, -0.2) is 124 Å². The highest BCUT2D eigenvalue weighted by molar-refractivity contribution is 4.94. The highest BCUT2D eigenvalue weighted by Crippen LogP contribution is 2.29. The van der Waals surface area contributed by atoms with Crippen LogP contribution in [0, 0.1) is 0 Å². The molecule has 28 heavy (non-hydrogen) atoms. The number of nitrogens with zero attached hydrogens (tertiary/aromatic N) is 3. The normalized spacial score (nSPS) is 44.1. The van der Waals surface area contributed by atoms with Crippen LogP contribution in [0.15, 0.2) is 5.11 Å². The second-order valence-electron chi connectivity index (χ2n) is 6.33. The Bertz CT molecular complexity index is 533. The smallest absolute Gasteiger partial charge is 0.187 e. The number of hydrogen-bond donors (Lipinski definition) is 7. The van der Waals surface area contributed by atoms with E-state index in [0.29, 0.717) is 0 Å². The fourth-order valence-electron chi connectivity index (χ4n) is 2.95. The number of aliphatic hydroxyl groups excluding tert-OH is 7. The molecule has 0 unspecified atom stereocenters. The van der Waals surface area contributed by atoms with Crippen molar-refractivity contribution in [3.05, 3.63) is 10.4 Å². The average Bonchev–Trinajstić information content (AvgIpc) is 2.70. The van der Waals surface area contributed by atoms with Gasteiger partial charge in [0.15, 0.2) is 12.6 Å². The molecule has 0 bridgehead atoms. The Morgan fingerprint density at radius 3 is 2.04 bits per heavy atom. The fraction of sp³-hybridized carbons (Fsp3) is 1.00. The molecule has 0 aromatic carbocycles. The first-order valence-electron chi connectivity index (χ1n) is 8.56. The summed E-state index contributed by atoms with van der Waals surface area (Å²) in [5.41, 5.74) is 8.21. The molecule has 2 aliphatic heterocycles. The van der Waals surface area contributed by atoms with Gasteiger partial charge in [-0.05, 0) is 5.53 Å². The third-order valence-electron chi connectivity index (χ3n) is 4.50. The summed E-state index contributed by atoms with van der Waals surface area (Å²) in [6.07, 6.45) is -15.1. The van der Waals surface area contributed by atoms with Crippen molar-refractivity contribution in [3.8, 4) is 0 Å². The Morgan fingerprint density at radius 1 is 0.821 bits per heavy atom. The highest BCUT2D eigenvalue weighted by Gasteiger charge is 2.50. The van der Waals surface area contributed by atoms with Crippen LogP contribution in [0.5, 0.6) is 0 Å². The minimum Gasteiger partial charge on any atom is -0.394 e. The molecule has 0 spiro atoms. The van der Waals surface area contributed by atoms with Crippen LogP contribution in [-0.2, 0) is 18.9 Å². The summed E-state index contributed by atoms with van der Waals surface area (Å²) in [6, 6.07) is 0. The van der Waals surface area contributed by atoms with Gasteiger partial charge in [0.25, 0.3) is 0 Å². The van der Waals surface area contributed by atoms with E-state index in [4.69, 9.17) is 24.5 Å². The minimum absolute atomic E-state index is 0.0479. The van der Waals surface area contributed by atoms with Crippen LogP contribution >= 0.6 is 0 Å². The molecule has 0 aliphatic carbocycles. The Kier molecular flexibility index (Phi) is 8.76. The quantitative estimate of drug-likeness (QED) is 0.0879. The van der Waals surface area contributed by atoms with Crippen LogP contribution in [0.3, 0.4) is 0 Å². The molecular weight excluding hydrogens is 386 g/mol. The Labute approximate surface area is 159 Å². The molecule has 14 nitrogen and oxygen atoms in total. The molecule has 10 atom stereocenters. The molecule has 14 heteroatoms. The molecule has 0 aromatic rings. The van der Waals surface area contributed by atoms with E-state index in [0.717, 1.165) is 0 Å². The van der Waals surface area contributed by atoms with Crippen LogP contribution in [0.1, 0.15) is 0 Å². The van der Waals surface area contributed by atoms with Crippen LogP contribution in [0.25, 0.3) is 10.4 Å². The predicted octanol–water partition coefficient (Wildman–Crippen LogP) is -4.06. The zero-order chi connectivity index (χ0) is 20.8. The summed E-state index contributed by atoms with van der Waals surface area (Å²) in [5.74, 6) is 0. The molecule has 162 valence electrons. The van der Waals surface area contributed by atoms with Gasteiger partial charge in [0.2, 0.25) is 0 Å². The molecule has 0 radical (unpaired) electrons. The van der Waals surface area contributed by atoms with Crippen molar-refractivity contribution in [2.75, 3.05) is 26.4 Å². The van der Waals surface area contributed by atoms with E-state index in [1.165, 1.54) is 0 Å². The lowest BCUT2D eigenvalue weighted by Gasteiger charge is -2.45. The maximum Gasteiger partial charge on any atom is 0.187 e. The summed E-state index contributed by atoms with van der Waals surface area (Å²) >= 11 is 0. The molecule has 0 amide bonds. The highest BCUT2D eigenvalue weighted by atomic mass is 16.7. The first kappa shape index (κ1) is 23.2. The standard InChI is InChI=1S/C14H25N3O11/c15-17-16-1-2-25-13-11(24)9(22)12(6(4-19)27-13)28-14-10(23)8(21)7(20)5(3-18)26-14/h5-14,18-24H,1-4H2/t5-,6-,7+,8+,9-,10-,11-,12+,13-,14-/m1/s1. The predicted molar refractivity (Wildman–Crippen MR) is 86.4 cm³/mol. The summed E-state index contributed by atoms with van der Waals surface area (Å²) in [7, 11) is 0. The van der Waals surface area contributed by atoms with Crippen molar-refractivity contribution < 1.29 is 54.7 Å². The lowest BCUT2D eigenvalue weighted by Crippen LogP contribution is -2.64. The minimum atomic E-state index is -1.74. The summed E-state index contributed by atoms with van der Waals surface area (Å²) in [6.45, 7) is -1.51. The van der Waals surface area contributed by atoms with E-state index in [1.54, 1.807) is 0 Å².